The minimum absolute atomic E-state index is 0.0898. The van der Waals surface area contributed by atoms with E-state index in [2.05, 4.69) is 21.4 Å². The van der Waals surface area contributed by atoms with E-state index in [9.17, 15) is 10.1 Å². The fraction of sp³-hybridized carbons (Fsp3) is 0.438. The molecule has 1 aromatic carbocycles. The van der Waals surface area contributed by atoms with Crippen molar-refractivity contribution in [2.24, 2.45) is 0 Å². The van der Waals surface area contributed by atoms with Gasteiger partial charge in [-0.3, -0.25) is 10.1 Å². The average molecular weight is 299 g/mol. The summed E-state index contributed by atoms with van der Waals surface area (Å²) in [6.07, 6.45) is 10.0. The van der Waals surface area contributed by atoms with Crippen molar-refractivity contribution >= 4 is 11.4 Å². The Labute approximate surface area is 129 Å². The Kier molecular flexibility index (Phi) is 4.09. The van der Waals surface area contributed by atoms with Crippen LogP contribution in [0.1, 0.15) is 37.8 Å². The third-order valence-corrected chi connectivity index (χ3v) is 4.28. The lowest BCUT2D eigenvalue weighted by molar-refractivity contribution is -0.384. The van der Waals surface area contributed by atoms with Crippen molar-refractivity contribution in [1.82, 2.24) is 9.97 Å². The second-order valence-electron chi connectivity index (χ2n) is 5.92. The standard InChI is InChI=1S/C16H19N4O2/c21-20(22)15-6-4-5-13(9-15)19-16(7-2-1-3-8-16)10-14-11-17-12-18-14/h4,6,9,11-12,19H,1-3,7-8,10H2,(H,17,18). The molecule has 0 saturated heterocycles. The predicted octanol–water partition coefficient (Wildman–Crippen LogP) is 3.48. The summed E-state index contributed by atoms with van der Waals surface area (Å²) in [6, 6.07) is 7.70. The molecule has 0 aliphatic heterocycles. The average Bonchev–Trinajstić information content (AvgIpc) is 3.01. The molecular weight excluding hydrogens is 280 g/mol. The van der Waals surface area contributed by atoms with Crippen LogP contribution in [0.4, 0.5) is 11.4 Å². The maximum atomic E-state index is 10.9. The molecule has 3 rings (SSSR count). The zero-order valence-corrected chi connectivity index (χ0v) is 12.3. The quantitative estimate of drug-likeness (QED) is 0.654. The highest BCUT2D eigenvalue weighted by atomic mass is 16.6. The van der Waals surface area contributed by atoms with Gasteiger partial charge in [-0.2, -0.15) is 0 Å². The number of imidazole rings is 1. The van der Waals surface area contributed by atoms with Crippen LogP contribution in [-0.4, -0.2) is 20.4 Å². The molecule has 1 aromatic heterocycles. The van der Waals surface area contributed by atoms with Crippen LogP contribution in [0.2, 0.25) is 0 Å². The van der Waals surface area contributed by atoms with Crippen LogP contribution in [0.5, 0.6) is 0 Å². The molecular formula is C16H19N4O2. The summed E-state index contributed by atoms with van der Waals surface area (Å²) in [5, 5.41) is 14.4. The number of non-ortho nitro benzene ring substituents is 1. The van der Waals surface area contributed by atoms with E-state index in [1.165, 1.54) is 12.5 Å². The molecule has 1 saturated carbocycles. The lowest BCUT2D eigenvalue weighted by Crippen LogP contribution is -2.42. The van der Waals surface area contributed by atoms with Gasteiger partial charge in [0.25, 0.3) is 5.69 Å². The molecule has 2 N–H and O–H groups in total. The maximum Gasteiger partial charge on any atom is 0.271 e. The van der Waals surface area contributed by atoms with Crippen molar-refractivity contribution < 1.29 is 4.92 Å². The molecule has 2 aromatic rings. The Balaban J connectivity index is 1.83. The molecule has 0 bridgehead atoms. The highest BCUT2D eigenvalue weighted by molar-refractivity contribution is 5.52. The molecule has 1 aliphatic carbocycles. The molecule has 0 spiro atoms. The number of nitrogens with one attached hydrogen (secondary N) is 2. The van der Waals surface area contributed by atoms with E-state index in [0.29, 0.717) is 5.69 Å². The van der Waals surface area contributed by atoms with Crippen molar-refractivity contribution in [3.05, 3.63) is 52.6 Å². The molecule has 6 heteroatoms. The van der Waals surface area contributed by atoms with Gasteiger partial charge in [-0.15, -0.1) is 0 Å². The minimum Gasteiger partial charge on any atom is -0.379 e. The summed E-state index contributed by atoms with van der Waals surface area (Å²) in [5.41, 5.74) is 1.69. The molecule has 115 valence electrons. The first kappa shape index (κ1) is 14.6. The molecule has 6 nitrogen and oxygen atoms in total. The van der Waals surface area contributed by atoms with Gasteiger partial charge in [-0.1, -0.05) is 19.3 Å². The summed E-state index contributed by atoms with van der Waals surface area (Å²) >= 11 is 0. The number of rotatable bonds is 5. The molecule has 1 fully saturated rings. The van der Waals surface area contributed by atoms with Crippen molar-refractivity contribution in [3.63, 3.8) is 0 Å². The van der Waals surface area contributed by atoms with Crippen molar-refractivity contribution in [2.45, 2.75) is 44.1 Å². The van der Waals surface area contributed by atoms with Gasteiger partial charge in [-0.25, -0.2) is 4.98 Å². The fourth-order valence-corrected chi connectivity index (χ4v) is 3.23. The van der Waals surface area contributed by atoms with Gasteiger partial charge in [0.05, 0.1) is 16.9 Å². The van der Waals surface area contributed by atoms with E-state index in [4.69, 9.17) is 0 Å². The summed E-state index contributed by atoms with van der Waals surface area (Å²) in [6.45, 7) is 0. The normalized spacial score (nSPS) is 17.1. The number of hydrogen-bond donors (Lipinski definition) is 2. The Hall–Kier alpha value is -2.37. The minimum atomic E-state index is -0.375. The number of nitrogens with zero attached hydrogens (tertiary/aromatic N) is 2. The first-order valence-corrected chi connectivity index (χ1v) is 7.59. The van der Waals surface area contributed by atoms with Crippen molar-refractivity contribution in [2.75, 3.05) is 5.32 Å². The van der Waals surface area contributed by atoms with E-state index in [1.54, 1.807) is 18.5 Å². The van der Waals surface area contributed by atoms with E-state index >= 15 is 0 Å². The zero-order valence-electron chi connectivity index (χ0n) is 12.3. The summed E-state index contributed by atoms with van der Waals surface area (Å²) in [4.78, 5) is 17.9. The van der Waals surface area contributed by atoms with Gasteiger partial charge < -0.3 is 10.3 Å². The van der Waals surface area contributed by atoms with Crippen LogP contribution in [-0.2, 0) is 6.42 Å². The van der Waals surface area contributed by atoms with Gasteiger partial charge in [0, 0.05) is 42.0 Å². The Morgan fingerprint density at radius 2 is 2.23 bits per heavy atom. The number of hydrogen-bond acceptors (Lipinski definition) is 4. The summed E-state index contributed by atoms with van der Waals surface area (Å²) in [5.74, 6) is 0. The number of H-pyrrole nitrogens is 1. The van der Waals surface area contributed by atoms with E-state index in [-0.39, 0.29) is 16.1 Å². The second-order valence-corrected chi connectivity index (χ2v) is 5.92. The van der Waals surface area contributed by atoms with Crippen LogP contribution >= 0.6 is 0 Å². The van der Waals surface area contributed by atoms with Gasteiger partial charge in [0.1, 0.15) is 0 Å². The lowest BCUT2D eigenvalue weighted by atomic mass is 9.78. The van der Waals surface area contributed by atoms with Crippen LogP contribution < -0.4 is 5.32 Å². The first-order chi connectivity index (χ1) is 10.7. The van der Waals surface area contributed by atoms with Crippen LogP contribution in [0.15, 0.2) is 30.7 Å². The van der Waals surface area contributed by atoms with Gasteiger partial charge in [-0.05, 0) is 18.9 Å². The highest BCUT2D eigenvalue weighted by Crippen LogP contribution is 2.34. The van der Waals surface area contributed by atoms with Gasteiger partial charge in [0.2, 0.25) is 0 Å². The van der Waals surface area contributed by atoms with E-state index in [0.717, 1.165) is 37.8 Å². The molecule has 0 atom stereocenters. The first-order valence-electron chi connectivity index (χ1n) is 7.59. The Bertz CT molecular complexity index is 633. The molecule has 1 heterocycles. The topological polar surface area (TPSA) is 83.9 Å². The number of benzene rings is 1. The van der Waals surface area contributed by atoms with E-state index < -0.39 is 0 Å². The maximum absolute atomic E-state index is 10.9. The SMILES string of the molecule is O=[N+]([O-])c1cc[c]c(NC2(Cc3c[nH]cn3)CCCCC2)c1. The van der Waals surface area contributed by atoms with Gasteiger partial charge >= 0.3 is 0 Å². The monoisotopic (exact) mass is 299 g/mol. The van der Waals surface area contributed by atoms with Crippen LogP contribution in [0.3, 0.4) is 0 Å². The third-order valence-electron chi connectivity index (χ3n) is 4.28. The van der Waals surface area contributed by atoms with Gasteiger partial charge in [0.15, 0.2) is 0 Å². The van der Waals surface area contributed by atoms with Crippen molar-refractivity contribution in [1.29, 1.82) is 0 Å². The summed E-state index contributed by atoms with van der Waals surface area (Å²) in [7, 11) is 0. The largest absolute Gasteiger partial charge is 0.379 e. The third kappa shape index (κ3) is 3.27. The second kappa shape index (κ2) is 6.17. The molecule has 1 aliphatic rings. The number of aromatic nitrogens is 2. The Morgan fingerprint density at radius 1 is 1.41 bits per heavy atom. The number of aromatic amines is 1. The Morgan fingerprint density at radius 3 is 2.91 bits per heavy atom. The van der Waals surface area contributed by atoms with E-state index in [1.807, 2.05) is 6.20 Å². The van der Waals surface area contributed by atoms with Crippen LogP contribution in [0, 0.1) is 16.2 Å². The smallest absolute Gasteiger partial charge is 0.271 e. The zero-order chi connectivity index (χ0) is 15.4. The fourth-order valence-electron chi connectivity index (χ4n) is 3.23. The highest BCUT2D eigenvalue weighted by Gasteiger charge is 2.33. The molecule has 1 radical (unpaired) electrons. The molecule has 0 unspecified atom stereocenters. The predicted molar refractivity (Wildman–Crippen MR) is 83.7 cm³/mol. The molecule has 0 amide bonds. The number of nitro groups is 1. The summed E-state index contributed by atoms with van der Waals surface area (Å²) < 4.78 is 0. The van der Waals surface area contributed by atoms with Crippen molar-refractivity contribution in [3.8, 4) is 0 Å². The number of anilines is 1. The number of nitro benzene ring substituents is 1. The molecule has 22 heavy (non-hydrogen) atoms. The lowest BCUT2D eigenvalue weighted by Gasteiger charge is -2.38. The van der Waals surface area contributed by atoms with Crippen LogP contribution in [0.25, 0.3) is 0 Å².